The quantitative estimate of drug-likeness (QED) is 0.793. The Labute approximate surface area is 115 Å². The van der Waals surface area contributed by atoms with Crippen molar-refractivity contribution in [3.8, 4) is 11.8 Å². The van der Waals surface area contributed by atoms with E-state index >= 15 is 0 Å². The number of methoxy groups -OCH3 is 1. The van der Waals surface area contributed by atoms with E-state index in [1.54, 1.807) is 19.2 Å². The Balaban J connectivity index is 2.90. The van der Waals surface area contributed by atoms with Gasteiger partial charge in [0.1, 0.15) is 11.8 Å². The lowest BCUT2D eigenvalue weighted by atomic mass is 9.83. The van der Waals surface area contributed by atoms with Gasteiger partial charge in [0.05, 0.1) is 25.0 Å². The zero-order chi connectivity index (χ0) is 14.3. The largest absolute Gasteiger partial charge is 0.497 e. The molecular formula is C15H22N2O2. The van der Waals surface area contributed by atoms with E-state index in [2.05, 4.69) is 25.2 Å². The number of anilines is 1. The van der Waals surface area contributed by atoms with Crippen molar-refractivity contribution in [3.63, 3.8) is 0 Å². The van der Waals surface area contributed by atoms with E-state index < -0.39 is 0 Å². The van der Waals surface area contributed by atoms with Crippen molar-refractivity contribution in [2.24, 2.45) is 5.41 Å². The molecule has 104 valence electrons. The molecule has 0 aliphatic heterocycles. The lowest BCUT2D eigenvalue weighted by molar-refractivity contribution is 0.127. The summed E-state index contributed by atoms with van der Waals surface area (Å²) in [5.41, 5.74) is 1.19. The minimum Gasteiger partial charge on any atom is -0.497 e. The summed E-state index contributed by atoms with van der Waals surface area (Å²) in [6.45, 7) is 4.91. The van der Waals surface area contributed by atoms with Gasteiger partial charge in [-0.25, -0.2) is 0 Å². The van der Waals surface area contributed by atoms with Gasteiger partial charge in [0.25, 0.3) is 0 Å². The molecule has 0 bridgehead atoms. The van der Waals surface area contributed by atoms with Crippen LogP contribution in [0.2, 0.25) is 0 Å². The van der Waals surface area contributed by atoms with Gasteiger partial charge in [-0.1, -0.05) is 13.8 Å². The van der Waals surface area contributed by atoms with Gasteiger partial charge in [-0.15, -0.1) is 0 Å². The summed E-state index contributed by atoms with van der Waals surface area (Å²) in [7, 11) is 1.60. The summed E-state index contributed by atoms with van der Waals surface area (Å²) in [4.78, 5) is 0. The standard InChI is InChI=1S/C15H22N2O2/c1-4-15(5-2,11-18)10-17-14-8-13(19-3)7-6-12(14)9-16/h6-8,17-18H,4-5,10-11H2,1-3H3. The molecule has 0 aliphatic rings. The summed E-state index contributed by atoms with van der Waals surface area (Å²) in [6, 6.07) is 7.47. The number of benzene rings is 1. The maximum absolute atomic E-state index is 9.55. The van der Waals surface area contributed by atoms with Gasteiger partial charge >= 0.3 is 0 Å². The highest BCUT2D eigenvalue weighted by atomic mass is 16.5. The van der Waals surface area contributed by atoms with Crippen LogP contribution in [-0.4, -0.2) is 25.4 Å². The molecule has 2 N–H and O–H groups in total. The molecular weight excluding hydrogens is 240 g/mol. The van der Waals surface area contributed by atoms with Crippen molar-refractivity contribution in [1.29, 1.82) is 5.26 Å². The van der Waals surface area contributed by atoms with Crippen molar-refractivity contribution in [1.82, 2.24) is 0 Å². The summed E-state index contributed by atoms with van der Waals surface area (Å²) >= 11 is 0. The molecule has 0 unspecified atom stereocenters. The van der Waals surface area contributed by atoms with Gasteiger partial charge in [-0.2, -0.15) is 5.26 Å². The average Bonchev–Trinajstić information content (AvgIpc) is 2.49. The summed E-state index contributed by atoms with van der Waals surface area (Å²) in [5, 5.41) is 21.9. The van der Waals surface area contributed by atoms with Crippen LogP contribution in [0.4, 0.5) is 5.69 Å². The third-order valence-electron chi connectivity index (χ3n) is 3.84. The maximum atomic E-state index is 9.55. The Kier molecular flexibility index (Phi) is 5.65. The number of rotatable bonds is 7. The topological polar surface area (TPSA) is 65.3 Å². The van der Waals surface area contributed by atoms with Crippen LogP contribution < -0.4 is 10.1 Å². The van der Waals surface area contributed by atoms with Crippen LogP contribution >= 0.6 is 0 Å². The lowest BCUT2D eigenvalue weighted by Gasteiger charge is -2.30. The Morgan fingerprint density at radius 2 is 2.05 bits per heavy atom. The number of aliphatic hydroxyl groups excluding tert-OH is 1. The maximum Gasteiger partial charge on any atom is 0.121 e. The van der Waals surface area contributed by atoms with Crippen molar-refractivity contribution in [2.75, 3.05) is 25.6 Å². The molecule has 0 fully saturated rings. The molecule has 1 rings (SSSR count). The van der Waals surface area contributed by atoms with E-state index in [9.17, 15) is 5.11 Å². The monoisotopic (exact) mass is 262 g/mol. The first-order chi connectivity index (χ1) is 9.14. The second-order valence-electron chi connectivity index (χ2n) is 4.74. The molecule has 1 aromatic carbocycles. The number of ether oxygens (including phenoxy) is 1. The van der Waals surface area contributed by atoms with Crippen LogP contribution in [0.3, 0.4) is 0 Å². The SMILES string of the molecule is CCC(CC)(CO)CNc1cc(OC)ccc1C#N. The van der Waals surface area contributed by atoms with E-state index in [1.807, 2.05) is 6.07 Å². The normalized spacial score (nSPS) is 10.9. The fourth-order valence-corrected chi connectivity index (χ4v) is 1.96. The molecule has 0 amide bonds. The zero-order valence-electron chi connectivity index (χ0n) is 11.9. The summed E-state index contributed by atoms with van der Waals surface area (Å²) < 4.78 is 5.17. The second kappa shape index (κ2) is 7.01. The minimum absolute atomic E-state index is 0.138. The predicted molar refractivity (Wildman–Crippen MR) is 76.3 cm³/mol. The van der Waals surface area contributed by atoms with Crippen molar-refractivity contribution < 1.29 is 9.84 Å². The van der Waals surface area contributed by atoms with Crippen LogP contribution in [0.5, 0.6) is 5.75 Å². The van der Waals surface area contributed by atoms with Gasteiger partial charge in [-0.3, -0.25) is 0 Å². The van der Waals surface area contributed by atoms with Crippen molar-refractivity contribution in [3.05, 3.63) is 23.8 Å². The van der Waals surface area contributed by atoms with Gasteiger partial charge in [0, 0.05) is 18.0 Å². The Hall–Kier alpha value is -1.73. The van der Waals surface area contributed by atoms with E-state index in [0.717, 1.165) is 18.5 Å². The molecule has 0 atom stereocenters. The number of nitriles is 1. The number of nitrogens with zero attached hydrogens (tertiary/aromatic N) is 1. The molecule has 4 nitrogen and oxygen atoms in total. The molecule has 0 aromatic heterocycles. The van der Waals surface area contributed by atoms with Gasteiger partial charge in [-0.05, 0) is 25.0 Å². The smallest absolute Gasteiger partial charge is 0.121 e. The fraction of sp³-hybridized carbons (Fsp3) is 0.533. The fourth-order valence-electron chi connectivity index (χ4n) is 1.96. The molecule has 0 aliphatic carbocycles. The molecule has 0 heterocycles. The van der Waals surface area contributed by atoms with Crippen LogP contribution in [0.25, 0.3) is 0 Å². The third-order valence-corrected chi connectivity index (χ3v) is 3.84. The van der Waals surface area contributed by atoms with E-state index in [-0.39, 0.29) is 12.0 Å². The summed E-state index contributed by atoms with van der Waals surface area (Å²) in [5.74, 6) is 0.712. The first kappa shape index (κ1) is 15.3. The summed E-state index contributed by atoms with van der Waals surface area (Å²) in [6.07, 6.45) is 1.78. The number of hydrogen-bond acceptors (Lipinski definition) is 4. The number of aliphatic hydroxyl groups is 1. The highest BCUT2D eigenvalue weighted by Gasteiger charge is 2.25. The van der Waals surface area contributed by atoms with Crippen LogP contribution in [0.15, 0.2) is 18.2 Å². The van der Waals surface area contributed by atoms with Gasteiger partial charge < -0.3 is 15.2 Å². The van der Waals surface area contributed by atoms with Crippen molar-refractivity contribution in [2.45, 2.75) is 26.7 Å². The highest BCUT2D eigenvalue weighted by Crippen LogP contribution is 2.28. The molecule has 4 heteroatoms. The Morgan fingerprint density at radius 3 is 2.53 bits per heavy atom. The molecule has 0 radical (unpaired) electrons. The van der Waals surface area contributed by atoms with Crippen LogP contribution in [0.1, 0.15) is 32.3 Å². The van der Waals surface area contributed by atoms with Gasteiger partial charge in [0.15, 0.2) is 0 Å². The minimum atomic E-state index is -0.143. The van der Waals surface area contributed by atoms with E-state index in [0.29, 0.717) is 17.9 Å². The van der Waals surface area contributed by atoms with Crippen LogP contribution in [0, 0.1) is 16.7 Å². The lowest BCUT2D eigenvalue weighted by Crippen LogP contribution is -2.32. The van der Waals surface area contributed by atoms with E-state index in [4.69, 9.17) is 10.00 Å². The van der Waals surface area contributed by atoms with Gasteiger partial charge in [0.2, 0.25) is 0 Å². The number of hydrogen-bond donors (Lipinski definition) is 2. The highest BCUT2D eigenvalue weighted by molar-refractivity contribution is 5.60. The van der Waals surface area contributed by atoms with Crippen LogP contribution in [-0.2, 0) is 0 Å². The Morgan fingerprint density at radius 1 is 1.37 bits per heavy atom. The predicted octanol–water partition coefficient (Wildman–Crippen LogP) is 2.78. The zero-order valence-corrected chi connectivity index (χ0v) is 11.9. The molecule has 0 saturated heterocycles. The number of nitrogens with one attached hydrogen (secondary N) is 1. The molecule has 19 heavy (non-hydrogen) atoms. The average molecular weight is 262 g/mol. The molecule has 0 spiro atoms. The second-order valence-corrected chi connectivity index (χ2v) is 4.74. The Bertz CT molecular complexity index is 440. The first-order valence-corrected chi connectivity index (χ1v) is 6.57. The third kappa shape index (κ3) is 3.62. The van der Waals surface area contributed by atoms with E-state index in [1.165, 1.54) is 0 Å². The molecule has 0 saturated carbocycles. The van der Waals surface area contributed by atoms with Crippen molar-refractivity contribution >= 4 is 5.69 Å². The molecule has 1 aromatic rings. The first-order valence-electron chi connectivity index (χ1n) is 6.57.